The first-order chi connectivity index (χ1) is 21.5. The van der Waals surface area contributed by atoms with Gasteiger partial charge in [0.2, 0.25) is 0 Å². The summed E-state index contributed by atoms with van der Waals surface area (Å²) in [6.07, 6.45) is 0.691. The van der Waals surface area contributed by atoms with Crippen molar-refractivity contribution in [1.29, 1.82) is 0 Å². The number of hydrogen-bond donors (Lipinski definition) is 0. The maximum Gasteiger partial charge on any atom is 0.410 e. The summed E-state index contributed by atoms with van der Waals surface area (Å²) in [5.74, 6) is 3.34. The van der Waals surface area contributed by atoms with Gasteiger partial charge in [0.05, 0.1) is 35.0 Å². The largest absolute Gasteiger partial charge is 0.493 e. The molecule has 3 atom stereocenters. The van der Waals surface area contributed by atoms with Crippen molar-refractivity contribution in [2.45, 2.75) is 24.9 Å². The van der Waals surface area contributed by atoms with E-state index in [2.05, 4.69) is 29.2 Å². The van der Waals surface area contributed by atoms with E-state index in [1.165, 1.54) is 11.1 Å². The van der Waals surface area contributed by atoms with E-state index < -0.39 is 0 Å². The molecule has 3 aromatic rings. The lowest BCUT2D eigenvalue weighted by molar-refractivity contribution is 0.0695. The predicted molar refractivity (Wildman–Crippen MR) is 168 cm³/mol. The first-order valence-corrected chi connectivity index (χ1v) is 15.2. The van der Waals surface area contributed by atoms with Gasteiger partial charge in [0.1, 0.15) is 6.61 Å². The SMILES string of the molecule is COCC1C(CCN2CCN(C(=O)OCc3ccccc3)CC2)c2cc(OC)c(OC)cc2C1c1ccc(OC)c(OC)c1. The van der Waals surface area contributed by atoms with Crippen LogP contribution in [0, 0.1) is 5.92 Å². The third-order valence-corrected chi connectivity index (χ3v) is 8.99. The summed E-state index contributed by atoms with van der Waals surface area (Å²) in [6.45, 7) is 4.71. The first-order valence-electron chi connectivity index (χ1n) is 15.2. The van der Waals surface area contributed by atoms with Crippen molar-refractivity contribution in [3.63, 3.8) is 0 Å². The maximum atomic E-state index is 12.7. The number of piperazine rings is 1. The van der Waals surface area contributed by atoms with Crippen molar-refractivity contribution in [1.82, 2.24) is 9.80 Å². The lowest BCUT2D eigenvalue weighted by Crippen LogP contribution is -2.49. The van der Waals surface area contributed by atoms with E-state index >= 15 is 0 Å². The summed E-state index contributed by atoms with van der Waals surface area (Å²) in [6, 6.07) is 20.2. The van der Waals surface area contributed by atoms with Crippen LogP contribution in [0.15, 0.2) is 60.7 Å². The van der Waals surface area contributed by atoms with Crippen LogP contribution in [0.25, 0.3) is 0 Å². The van der Waals surface area contributed by atoms with Gasteiger partial charge in [0.15, 0.2) is 23.0 Å². The highest BCUT2D eigenvalue weighted by molar-refractivity contribution is 5.67. The van der Waals surface area contributed by atoms with E-state index in [9.17, 15) is 4.79 Å². The van der Waals surface area contributed by atoms with E-state index in [4.69, 9.17) is 28.4 Å². The highest BCUT2D eigenvalue weighted by Crippen LogP contribution is 2.54. The molecule has 0 radical (unpaired) electrons. The van der Waals surface area contributed by atoms with Crippen LogP contribution in [-0.2, 0) is 16.1 Å². The van der Waals surface area contributed by atoms with Crippen molar-refractivity contribution in [2.75, 3.05) is 74.9 Å². The van der Waals surface area contributed by atoms with Gasteiger partial charge in [0.25, 0.3) is 0 Å². The fourth-order valence-electron chi connectivity index (χ4n) is 6.73. The second kappa shape index (κ2) is 14.7. The molecule has 1 aliphatic carbocycles. The molecule has 3 aromatic carbocycles. The smallest absolute Gasteiger partial charge is 0.410 e. The summed E-state index contributed by atoms with van der Waals surface area (Å²) >= 11 is 0. The molecule has 5 rings (SSSR count). The van der Waals surface area contributed by atoms with E-state index in [0.717, 1.165) is 42.9 Å². The zero-order chi connectivity index (χ0) is 31.1. The van der Waals surface area contributed by atoms with E-state index in [0.29, 0.717) is 36.9 Å². The van der Waals surface area contributed by atoms with Crippen molar-refractivity contribution < 1.29 is 33.2 Å². The van der Waals surface area contributed by atoms with Crippen LogP contribution in [0.3, 0.4) is 0 Å². The van der Waals surface area contributed by atoms with Crippen molar-refractivity contribution in [3.8, 4) is 23.0 Å². The van der Waals surface area contributed by atoms with Gasteiger partial charge in [-0.1, -0.05) is 36.4 Å². The Labute approximate surface area is 260 Å². The Kier molecular flexibility index (Phi) is 10.5. The Bertz CT molecular complexity index is 1390. The van der Waals surface area contributed by atoms with Gasteiger partial charge in [-0.3, -0.25) is 4.90 Å². The number of ether oxygens (including phenoxy) is 6. The summed E-state index contributed by atoms with van der Waals surface area (Å²) < 4.78 is 34.1. The molecular weight excluding hydrogens is 560 g/mol. The molecule has 0 N–H and O–H groups in total. The molecule has 0 aromatic heterocycles. The number of amides is 1. The monoisotopic (exact) mass is 604 g/mol. The second-order valence-electron chi connectivity index (χ2n) is 11.3. The Morgan fingerprint density at radius 2 is 1.39 bits per heavy atom. The van der Waals surface area contributed by atoms with Gasteiger partial charge in [-0.2, -0.15) is 0 Å². The summed E-state index contributed by atoms with van der Waals surface area (Å²) in [7, 11) is 8.43. The molecule has 1 aliphatic heterocycles. The number of nitrogens with zero attached hydrogens (tertiary/aromatic N) is 2. The van der Waals surface area contributed by atoms with E-state index in [-0.39, 0.29) is 30.5 Å². The fraction of sp³-hybridized carbons (Fsp3) is 0.457. The minimum atomic E-state index is -0.253. The minimum absolute atomic E-state index is 0.0748. The Morgan fingerprint density at radius 3 is 2.02 bits per heavy atom. The van der Waals surface area contributed by atoms with Crippen molar-refractivity contribution >= 4 is 6.09 Å². The molecule has 3 unspecified atom stereocenters. The average Bonchev–Trinajstić information content (AvgIpc) is 3.37. The van der Waals surface area contributed by atoms with Gasteiger partial charge in [-0.25, -0.2) is 4.79 Å². The van der Waals surface area contributed by atoms with E-state index in [1.54, 1.807) is 35.5 Å². The van der Waals surface area contributed by atoms with Crippen LogP contribution in [0.4, 0.5) is 4.79 Å². The molecule has 9 heteroatoms. The van der Waals surface area contributed by atoms with Gasteiger partial charge in [-0.15, -0.1) is 0 Å². The zero-order valence-electron chi connectivity index (χ0n) is 26.4. The molecule has 9 nitrogen and oxygen atoms in total. The highest BCUT2D eigenvalue weighted by atomic mass is 16.6. The highest BCUT2D eigenvalue weighted by Gasteiger charge is 2.43. The number of hydrogen-bond acceptors (Lipinski definition) is 8. The van der Waals surface area contributed by atoms with Gasteiger partial charge in [-0.05, 0) is 65.4 Å². The van der Waals surface area contributed by atoms with Gasteiger partial charge in [0, 0.05) is 45.1 Å². The minimum Gasteiger partial charge on any atom is -0.493 e. The zero-order valence-corrected chi connectivity index (χ0v) is 26.4. The normalized spacial score (nSPS) is 19.8. The van der Waals surface area contributed by atoms with Gasteiger partial charge < -0.3 is 33.3 Å². The van der Waals surface area contributed by atoms with Crippen LogP contribution >= 0.6 is 0 Å². The third kappa shape index (κ3) is 6.74. The van der Waals surface area contributed by atoms with Crippen LogP contribution in [-0.4, -0.2) is 90.8 Å². The second-order valence-corrected chi connectivity index (χ2v) is 11.3. The molecule has 2 aliphatic rings. The van der Waals surface area contributed by atoms with Crippen LogP contribution in [0.5, 0.6) is 23.0 Å². The van der Waals surface area contributed by atoms with Crippen LogP contribution in [0.2, 0.25) is 0 Å². The number of carbonyl (C=O) groups is 1. The fourth-order valence-corrected chi connectivity index (χ4v) is 6.73. The predicted octanol–water partition coefficient (Wildman–Crippen LogP) is 5.56. The molecule has 1 saturated heterocycles. The topological polar surface area (TPSA) is 78.9 Å². The number of benzene rings is 3. The Balaban J connectivity index is 1.32. The number of methoxy groups -OCH3 is 5. The molecule has 0 bridgehead atoms. The molecule has 0 saturated carbocycles. The molecular formula is C35H44N2O7. The molecule has 44 heavy (non-hydrogen) atoms. The average molecular weight is 605 g/mol. The first kappa shape index (κ1) is 31.5. The standard InChI is InChI=1S/C35H44N2O7/c1-39-23-29-26(13-14-36-15-17-37(18-16-36)35(38)44-22-24-9-7-6-8-10-24)27-20-32(42-4)33(43-5)21-28(27)34(29)25-11-12-30(40-2)31(19-25)41-3/h6-12,19-21,26,29,34H,13-18,22-23H2,1-5H3. The van der Waals surface area contributed by atoms with Gasteiger partial charge >= 0.3 is 6.09 Å². The van der Waals surface area contributed by atoms with E-state index in [1.807, 2.05) is 41.3 Å². The molecule has 1 fully saturated rings. The Morgan fingerprint density at radius 1 is 0.750 bits per heavy atom. The maximum absolute atomic E-state index is 12.7. The summed E-state index contributed by atoms with van der Waals surface area (Å²) in [5, 5.41) is 0. The number of carbonyl (C=O) groups excluding carboxylic acids is 1. The summed E-state index contributed by atoms with van der Waals surface area (Å²) in [4.78, 5) is 16.9. The summed E-state index contributed by atoms with van der Waals surface area (Å²) in [5.41, 5.74) is 4.60. The van der Waals surface area contributed by atoms with Crippen molar-refractivity contribution in [3.05, 3.63) is 82.9 Å². The van der Waals surface area contributed by atoms with Crippen LogP contribution in [0.1, 0.15) is 40.5 Å². The van der Waals surface area contributed by atoms with Crippen molar-refractivity contribution in [2.24, 2.45) is 5.92 Å². The molecule has 1 heterocycles. The van der Waals surface area contributed by atoms with Crippen LogP contribution < -0.4 is 18.9 Å². The Hall–Kier alpha value is -3.95. The molecule has 236 valence electrons. The molecule has 0 spiro atoms. The lowest BCUT2D eigenvalue weighted by Gasteiger charge is -2.35. The number of fused-ring (bicyclic) bond motifs is 1. The lowest BCUT2D eigenvalue weighted by atomic mass is 9.81. The quantitative estimate of drug-likeness (QED) is 0.266. The third-order valence-electron chi connectivity index (χ3n) is 8.99. The number of rotatable bonds is 12. The molecule has 1 amide bonds.